The lowest BCUT2D eigenvalue weighted by Gasteiger charge is -2.18. The zero-order chi connectivity index (χ0) is 11.6. The van der Waals surface area contributed by atoms with Gasteiger partial charge in [-0.05, 0) is 18.9 Å². The van der Waals surface area contributed by atoms with Crippen LogP contribution in [0.15, 0.2) is 30.3 Å². The Balaban J connectivity index is 2.41. The van der Waals surface area contributed by atoms with E-state index in [0.29, 0.717) is 6.04 Å². The Labute approximate surface area is 99.0 Å². The van der Waals surface area contributed by atoms with Gasteiger partial charge < -0.3 is 10.1 Å². The monoisotopic (exact) mass is 221 g/mol. The van der Waals surface area contributed by atoms with E-state index in [1.165, 1.54) is 18.4 Å². The van der Waals surface area contributed by atoms with Crippen LogP contribution in [0.5, 0.6) is 0 Å². The molecule has 1 rings (SSSR count). The largest absolute Gasteiger partial charge is 0.380 e. The van der Waals surface area contributed by atoms with E-state index < -0.39 is 0 Å². The minimum Gasteiger partial charge on any atom is -0.380 e. The first-order chi connectivity index (χ1) is 7.88. The Morgan fingerprint density at radius 3 is 2.56 bits per heavy atom. The summed E-state index contributed by atoms with van der Waals surface area (Å²) in [6, 6.07) is 11.1. The first-order valence-electron chi connectivity index (χ1n) is 6.24. The summed E-state index contributed by atoms with van der Waals surface area (Å²) in [7, 11) is 0. The Kier molecular flexibility index (Phi) is 6.86. The highest BCUT2D eigenvalue weighted by Gasteiger charge is 2.08. The molecule has 0 bridgehead atoms. The van der Waals surface area contributed by atoms with Crippen molar-refractivity contribution in [2.75, 3.05) is 19.8 Å². The smallest absolute Gasteiger partial charge is 0.0590 e. The van der Waals surface area contributed by atoms with Crippen molar-refractivity contribution in [3.05, 3.63) is 35.9 Å². The van der Waals surface area contributed by atoms with Gasteiger partial charge >= 0.3 is 0 Å². The number of ether oxygens (including phenoxy) is 1. The van der Waals surface area contributed by atoms with Crippen LogP contribution in [0.25, 0.3) is 0 Å². The molecule has 0 saturated carbocycles. The molecule has 1 aromatic rings. The van der Waals surface area contributed by atoms with Gasteiger partial charge in [0.1, 0.15) is 0 Å². The number of hydrogen-bond acceptors (Lipinski definition) is 2. The molecule has 0 aliphatic carbocycles. The molecule has 1 N–H and O–H groups in total. The van der Waals surface area contributed by atoms with Crippen LogP contribution < -0.4 is 5.32 Å². The molecular formula is C14H23NO. The number of hydrogen-bond donors (Lipinski definition) is 1. The van der Waals surface area contributed by atoms with Crippen LogP contribution in [0, 0.1) is 0 Å². The minimum absolute atomic E-state index is 0.464. The van der Waals surface area contributed by atoms with Crippen molar-refractivity contribution in [2.45, 2.75) is 32.7 Å². The molecule has 90 valence electrons. The molecule has 0 amide bonds. The number of rotatable bonds is 8. The summed E-state index contributed by atoms with van der Waals surface area (Å²) in [5.41, 5.74) is 1.38. The Morgan fingerprint density at radius 2 is 1.94 bits per heavy atom. The van der Waals surface area contributed by atoms with Crippen LogP contribution in [-0.4, -0.2) is 19.8 Å². The first kappa shape index (κ1) is 13.2. The number of nitrogens with one attached hydrogen (secondary N) is 1. The van der Waals surface area contributed by atoms with Crippen LogP contribution in [0.2, 0.25) is 0 Å². The summed E-state index contributed by atoms with van der Waals surface area (Å²) in [6.07, 6.45) is 2.37. The second kappa shape index (κ2) is 8.31. The maximum absolute atomic E-state index is 5.34. The third-order valence-electron chi connectivity index (χ3n) is 2.62. The van der Waals surface area contributed by atoms with E-state index in [-0.39, 0.29) is 0 Å². The van der Waals surface area contributed by atoms with Crippen LogP contribution in [0.4, 0.5) is 0 Å². The molecular weight excluding hydrogens is 198 g/mol. The van der Waals surface area contributed by atoms with Crippen molar-refractivity contribution in [3.8, 4) is 0 Å². The maximum atomic E-state index is 5.34. The molecule has 0 saturated heterocycles. The lowest BCUT2D eigenvalue weighted by molar-refractivity contribution is 0.146. The summed E-state index contributed by atoms with van der Waals surface area (Å²) in [4.78, 5) is 0. The van der Waals surface area contributed by atoms with E-state index in [1.807, 2.05) is 6.92 Å². The number of benzene rings is 1. The van der Waals surface area contributed by atoms with E-state index in [2.05, 4.69) is 42.6 Å². The van der Waals surface area contributed by atoms with Gasteiger partial charge in [0, 0.05) is 19.2 Å². The Hall–Kier alpha value is -0.860. The van der Waals surface area contributed by atoms with E-state index in [0.717, 1.165) is 19.8 Å². The van der Waals surface area contributed by atoms with Gasteiger partial charge in [-0.15, -0.1) is 0 Å². The Bertz CT molecular complexity index is 261. The second-order valence-electron chi connectivity index (χ2n) is 3.90. The molecule has 0 aliphatic rings. The van der Waals surface area contributed by atoms with Crippen molar-refractivity contribution in [1.82, 2.24) is 5.32 Å². The zero-order valence-electron chi connectivity index (χ0n) is 10.4. The third kappa shape index (κ3) is 4.77. The van der Waals surface area contributed by atoms with E-state index in [1.54, 1.807) is 0 Å². The van der Waals surface area contributed by atoms with Gasteiger partial charge in [-0.1, -0.05) is 43.7 Å². The highest BCUT2D eigenvalue weighted by atomic mass is 16.5. The summed E-state index contributed by atoms with van der Waals surface area (Å²) < 4.78 is 5.34. The summed E-state index contributed by atoms with van der Waals surface area (Å²) in [6.45, 7) is 6.77. The fourth-order valence-corrected chi connectivity index (χ4v) is 1.81. The molecule has 0 fully saturated rings. The molecule has 1 aromatic carbocycles. The van der Waals surface area contributed by atoms with Crippen LogP contribution in [0.1, 0.15) is 38.3 Å². The van der Waals surface area contributed by atoms with Crippen molar-refractivity contribution in [1.29, 1.82) is 0 Å². The van der Waals surface area contributed by atoms with Gasteiger partial charge in [0.05, 0.1) is 6.61 Å². The van der Waals surface area contributed by atoms with Gasteiger partial charge in [0.2, 0.25) is 0 Å². The fourth-order valence-electron chi connectivity index (χ4n) is 1.81. The second-order valence-corrected chi connectivity index (χ2v) is 3.90. The van der Waals surface area contributed by atoms with Crippen molar-refractivity contribution < 1.29 is 4.74 Å². The van der Waals surface area contributed by atoms with Crippen LogP contribution in [-0.2, 0) is 4.74 Å². The van der Waals surface area contributed by atoms with Crippen LogP contribution >= 0.6 is 0 Å². The van der Waals surface area contributed by atoms with Crippen LogP contribution in [0.3, 0.4) is 0 Å². The maximum Gasteiger partial charge on any atom is 0.0590 e. The quantitative estimate of drug-likeness (QED) is 0.681. The molecule has 0 spiro atoms. The predicted molar refractivity (Wildman–Crippen MR) is 68.6 cm³/mol. The topological polar surface area (TPSA) is 21.3 Å². The average molecular weight is 221 g/mol. The van der Waals surface area contributed by atoms with Crippen molar-refractivity contribution in [3.63, 3.8) is 0 Å². The fraction of sp³-hybridized carbons (Fsp3) is 0.571. The molecule has 0 radical (unpaired) electrons. The summed E-state index contributed by atoms with van der Waals surface area (Å²) in [5.74, 6) is 0. The minimum atomic E-state index is 0.464. The average Bonchev–Trinajstić information content (AvgIpc) is 2.34. The van der Waals surface area contributed by atoms with E-state index in [4.69, 9.17) is 4.74 Å². The van der Waals surface area contributed by atoms with Crippen molar-refractivity contribution >= 4 is 0 Å². The molecule has 1 atom stereocenters. The Morgan fingerprint density at radius 1 is 1.19 bits per heavy atom. The molecule has 2 heteroatoms. The molecule has 1 unspecified atom stereocenters. The molecule has 0 aromatic heterocycles. The molecule has 0 heterocycles. The molecule has 16 heavy (non-hydrogen) atoms. The lowest BCUT2D eigenvalue weighted by Crippen LogP contribution is -2.25. The lowest BCUT2D eigenvalue weighted by atomic mass is 10.0. The third-order valence-corrected chi connectivity index (χ3v) is 2.62. The molecule has 0 aliphatic heterocycles. The van der Waals surface area contributed by atoms with Gasteiger partial charge in [-0.3, -0.25) is 0 Å². The first-order valence-corrected chi connectivity index (χ1v) is 6.24. The predicted octanol–water partition coefficient (Wildman–Crippen LogP) is 3.15. The zero-order valence-corrected chi connectivity index (χ0v) is 10.4. The summed E-state index contributed by atoms with van der Waals surface area (Å²) in [5, 5.41) is 3.55. The van der Waals surface area contributed by atoms with E-state index >= 15 is 0 Å². The van der Waals surface area contributed by atoms with Gasteiger partial charge in [0.15, 0.2) is 0 Å². The standard InChI is InChI=1S/C14H23NO/c1-3-8-14(15-11-12-16-4-2)13-9-6-5-7-10-13/h5-7,9-10,14-15H,3-4,8,11-12H2,1-2H3. The van der Waals surface area contributed by atoms with Gasteiger partial charge in [0.25, 0.3) is 0 Å². The normalized spacial score (nSPS) is 12.6. The van der Waals surface area contributed by atoms with E-state index in [9.17, 15) is 0 Å². The highest BCUT2D eigenvalue weighted by molar-refractivity contribution is 5.18. The highest BCUT2D eigenvalue weighted by Crippen LogP contribution is 2.17. The van der Waals surface area contributed by atoms with Gasteiger partial charge in [-0.2, -0.15) is 0 Å². The van der Waals surface area contributed by atoms with Crippen molar-refractivity contribution in [2.24, 2.45) is 0 Å². The molecule has 2 nitrogen and oxygen atoms in total. The van der Waals surface area contributed by atoms with Gasteiger partial charge in [-0.25, -0.2) is 0 Å². The SMILES string of the molecule is CCCC(NCCOCC)c1ccccc1. The summed E-state index contributed by atoms with van der Waals surface area (Å²) >= 11 is 0.